The van der Waals surface area contributed by atoms with Gasteiger partial charge in [-0.15, -0.1) is 0 Å². The predicted molar refractivity (Wildman–Crippen MR) is 75.6 cm³/mol. The molecule has 1 atom stereocenters. The molecule has 2 aromatic rings. The first-order valence-corrected chi connectivity index (χ1v) is 6.69. The zero-order chi connectivity index (χ0) is 13.1. The van der Waals surface area contributed by atoms with E-state index in [9.17, 15) is 0 Å². The van der Waals surface area contributed by atoms with Crippen LogP contribution in [0.2, 0.25) is 0 Å². The number of para-hydroxylation sites is 2. The van der Waals surface area contributed by atoms with Crippen LogP contribution in [0.3, 0.4) is 0 Å². The first-order valence-electron chi connectivity index (χ1n) is 6.69. The van der Waals surface area contributed by atoms with Crippen LogP contribution in [0.4, 0.5) is 5.82 Å². The lowest BCUT2D eigenvalue weighted by Gasteiger charge is -2.24. The molecular weight excluding hydrogens is 240 g/mol. The van der Waals surface area contributed by atoms with Crippen LogP contribution in [-0.4, -0.2) is 36.2 Å². The molecule has 5 nitrogen and oxygen atoms in total. The number of nitrogens with zero attached hydrogens (tertiary/aromatic N) is 2. The molecule has 1 aromatic heterocycles. The number of hydrogen-bond acceptors (Lipinski definition) is 5. The molecule has 5 heteroatoms. The first kappa shape index (κ1) is 12.2. The van der Waals surface area contributed by atoms with E-state index >= 15 is 0 Å². The van der Waals surface area contributed by atoms with Gasteiger partial charge in [0.25, 0.3) is 5.88 Å². The van der Waals surface area contributed by atoms with Crippen LogP contribution >= 0.6 is 0 Å². The van der Waals surface area contributed by atoms with Gasteiger partial charge in [0.2, 0.25) is 0 Å². The maximum atomic E-state index is 5.99. The lowest BCUT2D eigenvalue weighted by atomic mass is 10.1. The molecule has 19 heavy (non-hydrogen) atoms. The molecule has 1 saturated heterocycles. The highest BCUT2D eigenvalue weighted by atomic mass is 16.5. The number of ether oxygens (including phenoxy) is 1. The molecule has 1 aromatic carbocycles. The molecule has 1 aliphatic heterocycles. The van der Waals surface area contributed by atoms with E-state index in [2.05, 4.69) is 20.6 Å². The van der Waals surface area contributed by atoms with Crippen molar-refractivity contribution in [1.82, 2.24) is 15.3 Å². The van der Waals surface area contributed by atoms with Crippen molar-refractivity contribution in [3.8, 4) is 5.88 Å². The van der Waals surface area contributed by atoms with E-state index in [4.69, 9.17) is 4.74 Å². The fourth-order valence-corrected chi connectivity index (χ4v) is 2.31. The molecule has 2 heterocycles. The molecule has 100 valence electrons. The Hall–Kier alpha value is -1.88. The number of aromatic nitrogens is 2. The molecular formula is C14H18N4O. The maximum Gasteiger partial charge on any atom is 0.258 e. The zero-order valence-electron chi connectivity index (χ0n) is 11.0. The molecule has 2 N–H and O–H groups in total. The summed E-state index contributed by atoms with van der Waals surface area (Å²) in [6.45, 7) is 1.94. The Morgan fingerprint density at radius 2 is 2.05 bits per heavy atom. The molecule has 0 saturated carbocycles. The zero-order valence-corrected chi connectivity index (χ0v) is 11.0. The van der Waals surface area contributed by atoms with Crippen LogP contribution in [0, 0.1) is 0 Å². The van der Waals surface area contributed by atoms with Gasteiger partial charge in [0.1, 0.15) is 6.10 Å². The number of benzene rings is 1. The Labute approximate surface area is 112 Å². The Kier molecular flexibility index (Phi) is 3.46. The SMILES string of the molecule is CNc1nc2ccccc2nc1O[C@H]1CCCNC1. The van der Waals surface area contributed by atoms with Gasteiger partial charge in [-0.1, -0.05) is 12.1 Å². The van der Waals surface area contributed by atoms with Gasteiger partial charge < -0.3 is 15.4 Å². The van der Waals surface area contributed by atoms with Crippen LogP contribution in [-0.2, 0) is 0 Å². The van der Waals surface area contributed by atoms with Gasteiger partial charge in [0.15, 0.2) is 5.82 Å². The van der Waals surface area contributed by atoms with Crippen molar-refractivity contribution in [1.29, 1.82) is 0 Å². The molecule has 0 unspecified atom stereocenters. The van der Waals surface area contributed by atoms with Gasteiger partial charge in [-0.25, -0.2) is 9.97 Å². The van der Waals surface area contributed by atoms with Crippen molar-refractivity contribution in [2.45, 2.75) is 18.9 Å². The van der Waals surface area contributed by atoms with Crippen LogP contribution in [0.5, 0.6) is 5.88 Å². The van der Waals surface area contributed by atoms with Crippen LogP contribution < -0.4 is 15.4 Å². The van der Waals surface area contributed by atoms with Gasteiger partial charge in [-0.3, -0.25) is 0 Å². The van der Waals surface area contributed by atoms with E-state index in [-0.39, 0.29) is 6.10 Å². The number of rotatable bonds is 3. The summed E-state index contributed by atoms with van der Waals surface area (Å²) in [5.74, 6) is 1.29. The van der Waals surface area contributed by atoms with Crippen molar-refractivity contribution in [2.75, 3.05) is 25.5 Å². The number of fused-ring (bicyclic) bond motifs is 1. The molecule has 0 spiro atoms. The minimum atomic E-state index is 0.177. The van der Waals surface area contributed by atoms with E-state index < -0.39 is 0 Å². The van der Waals surface area contributed by atoms with Gasteiger partial charge in [-0.2, -0.15) is 0 Å². The van der Waals surface area contributed by atoms with E-state index in [0.717, 1.165) is 37.0 Å². The highest BCUT2D eigenvalue weighted by molar-refractivity contribution is 5.77. The minimum Gasteiger partial charge on any atom is -0.470 e. The fourth-order valence-electron chi connectivity index (χ4n) is 2.31. The summed E-state index contributed by atoms with van der Waals surface area (Å²) in [5.41, 5.74) is 1.74. The molecule has 1 fully saturated rings. The van der Waals surface area contributed by atoms with Crippen molar-refractivity contribution in [3.05, 3.63) is 24.3 Å². The quantitative estimate of drug-likeness (QED) is 0.879. The normalized spacial score (nSPS) is 19.3. The third kappa shape index (κ3) is 2.61. The van der Waals surface area contributed by atoms with E-state index in [1.807, 2.05) is 31.3 Å². The van der Waals surface area contributed by atoms with E-state index in [0.29, 0.717) is 11.7 Å². The average molecular weight is 258 g/mol. The number of anilines is 1. The Balaban J connectivity index is 1.91. The standard InChI is InChI=1S/C14H18N4O/c1-15-13-14(19-10-5-4-8-16-9-10)18-12-7-3-2-6-11(12)17-13/h2-3,6-7,10,16H,4-5,8-9H2,1H3,(H,15,17)/t10-/m0/s1. The van der Waals surface area contributed by atoms with Crippen LogP contribution in [0.1, 0.15) is 12.8 Å². The lowest BCUT2D eigenvalue weighted by molar-refractivity contribution is 0.161. The number of nitrogens with one attached hydrogen (secondary N) is 2. The minimum absolute atomic E-state index is 0.177. The third-order valence-electron chi connectivity index (χ3n) is 3.31. The Bertz CT molecular complexity index is 566. The van der Waals surface area contributed by atoms with Gasteiger partial charge in [0, 0.05) is 13.6 Å². The van der Waals surface area contributed by atoms with E-state index in [1.165, 1.54) is 0 Å². The molecule has 0 aliphatic carbocycles. The van der Waals surface area contributed by atoms with Gasteiger partial charge in [0.05, 0.1) is 11.0 Å². The van der Waals surface area contributed by atoms with Crippen LogP contribution in [0.25, 0.3) is 11.0 Å². The summed E-state index contributed by atoms with van der Waals surface area (Å²) in [4.78, 5) is 9.11. The monoisotopic (exact) mass is 258 g/mol. The predicted octanol–water partition coefficient (Wildman–Crippen LogP) is 1.80. The van der Waals surface area contributed by atoms with Crippen molar-refractivity contribution >= 4 is 16.9 Å². The molecule has 0 radical (unpaired) electrons. The second-order valence-electron chi connectivity index (χ2n) is 4.70. The highest BCUT2D eigenvalue weighted by Crippen LogP contribution is 2.24. The van der Waals surface area contributed by atoms with Gasteiger partial charge in [-0.05, 0) is 31.5 Å². The van der Waals surface area contributed by atoms with Crippen molar-refractivity contribution < 1.29 is 4.74 Å². The first-order chi connectivity index (χ1) is 9.36. The maximum absolute atomic E-state index is 5.99. The molecule has 1 aliphatic rings. The smallest absolute Gasteiger partial charge is 0.258 e. The second-order valence-corrected chi connectivity index (χ2v) is 4.70. The van der Waals surface area contributed by atoms with Gasteiger partial charge >= 0.3 is 0 Å². The highest BCUT2D eigenvalue weighted by Gasteiger charge is 2.18. The average Bonchev–Trinajstić information content (AvgIpc) is 2.47. The second kappa shape index (κ2) is 5.40. The lowest BCUT2D eigenvalue weighted by Crippen LogP contribution is -2.37. The van der Waals surface area contributed by atoms with Crippen LogP contribution in [0.15, 0.2) is 24.3 Å². The number of piperidine rings is 1. The third-order valence-corrected chi connectivity index (χ3v) is 3.31. The topological polar surface area (TPSA) is 59.1 Å². The Morgan fingerprint density at radius 1 is 1.26 bits per heavy atom. The summed E-state index contributed by atoms with van der Waals surface area (Å²) in [6.07, 6.45) is 2.38. The van der Waals surface area contributed by atoms with Crippen molar-refractivity contribution in [2.24, 2.45) is 0 Å². The summed E-state index contributed by atoms with van der Waals surface area (Å²) in [6, 6.07) is 7.83. The fraction of sp³-hybridized carbons (Fsp3) is 0.429. The molecule has 3 rings (SSSR count). The summed E-state index contributed by atoms with van der Waals surface area (Å²) < 4.78 is 5.99. The summed E-state index contributed by atoms with van der Waals surface area (Å²) >= 11 is 0. The largest absolute Gasteiger partial charge is 0.470 e. The van der Waals surface area contributed by atoms with Crippen molar-refractivity contribution in [3.63, 3.8) is 0 Å². The summed E-state index contributed by atoms with van der Waals surface area (Å²) in [5, 5.41) is 6.39. The molecule has 0 bridgehead atoms. The Morgan fingerprint density at radius 3 is 2.74 bits per heavy atom. The molecule has 0 amide bonds. The summed E-state index contributed by atoms with van der Waals surface area (Å²) in [7, 11) is 1.84. The number of hydrogen-bond donors (Lipinski definition) is 2. The van der Waals surface area contributed by atoms with E-state index in [1.54, 1.807) is 0 Å².